The first-order valence-corrected chi connectivity index (χ1v) is 7.97. The van der Waals surface area contributed by atoms with Crippen molar-refractivity contribution in [1.29, 1.82) is 0 Å². The molecule has 0 saturated heterocycles. The molecule has 0 aliphatic carbocycles. The molecule has 0 aromatic heterocycles. The molecule has 20 heavy (non-hydrogen) atoms. The minimum atomic E-state index is -3.83. The van der Waals surface area contributed by atoms with Gasteiger partial charge in [-0.1, -0.05) is 12.1 Å². The van der Waals surface area contributed by atoms with Gasteiger partial charge in [-0.15, -0.1) is 0 Å². The van der Waals surface area contributed by atoms with Gasteiger partial charge in [-0.25, -0.2) is 12.8 Å². The lowest BCUT2D eigenvalue weighted by atomic mass is 10.2. The van der Waals surface area contributed by atoms with Crippen LogP contribution in [0, 0.1) is 5.82 Å². The molecule has 106 valence electrons. The third-order valence-corrected chi connectivity index (χ3v) is 4.64. The van der Waals surface area contributed by atoms with E-state index in [9.17, 15) is 12.8 Å². The Hall–Kier alpha value is -1.44. The van der Waals surface area contributed by atoms with Crippen molar-refractivity contribution in [3.8, 4) is 0 Å². The first-order chi connectivity index (χ1) is 9.42. The molecule has 4 nitrogen and oxygen atoms in total. The van der Waals surface area contributed by atoms with Crippen LogP contribution in [0.3, 0.4) is 0 Å². The summed E-state index contributed by atoms with van der Waals surface area (Å²) >= 11 is 2.98. The lowest BCUT2D eigenvalue weighted by Crippen LogP contribution is -2.13. The van der Waals surface area contributed by atoms with Crippen molar-refractivity contribution in [3.05, 3.63) is 58.3 Å². The molecule has 0 aliphatic heterocycles. The number of hydrogen-bond acceptors (Lipinski definition) is 3. The fourth-order valence-electron chi connectivity index (χ4n) is 1.62. The van der Waals surface area contributed by atoms with Gasteiger partial charge in [0.05, 0.1) is 9.37 Å². The number of anilines is 1. The molecule has 0 amide bonds. The molecule has 0 aliphatic rings. The van der Waals surface area contributed by atoms with Crippen molar-refractivity contribution in [2.24, 2.45) is 5.73 Å². The lowest BCUT2D eigenvalue weighted by Gasteiger charge is -2.09. The van der Waals surface area contributed by atoms with Crippen LogP contribution in [0.15, 0.2) is 51.8 Å². The van der Waals surface area contributed by atoms with E-state index in [-0.39, 0.29) is 9.37 Å². The molecule has 0 spiro atoms. The second-order valence-electron chi connectivity index (χ2n) is 4.09. The minimum Gasteiger partial charge on any atom is -0.326 e. The van der Waals surface area contributed by atoms with Gasteiger partial charge in [0.25, 0.3) is 10.0 Å². The summed E-state index contributed by atoms with van der Waals surface area (Å²) in [6, 6.07) is 10.3. The lowest BCUT2D eigenvalue weighted by molar-refractivity contribution is 0.593. The van der Waals surface area contributed by atoms with E-state index in [0.717, 1.165) is 11.6 Å². The monoisotopic (exact) mass is 358 g/mol. The van der Waals surface area contributed by atoms with Crippen molar-refractivity contribution < 1.29 is 12.8 Å². The quantitative estimate of drug-likeness (QED) is 0.882. The first kappa shape index (κ1) is 15.0. The van der Waals surface area contributed by atoms with Crippen LogP contribution in [0.1, 0.15) is 5.56 Å². The van der Waals surface area contributed by atoms with Gasteiger partial charge in [-0.05, 0) is 51.8 Å². The number of hydrogen-bond donors (Lipinski definition) is 2. The van der Waals surface area contributed by atoms with Gasteiger partial charge in [0.2, 0.25) is 0 Å². The predicted octanol–water partition coefficient (Wildman–Crippen LogP) is 2.85. The Bertz CT molecular complexity index is 735. The summed E-state index contributed by atoms with van der Waals surface area (Å²) in [5.74, 6) is -0.636. The molecular weight excluding hydrogens is 347 g/mol. The molecule has 2 rings (SSSR count). The maximum atomic E-state index is 13.4. The maximum absolute atomic E-state index is 13.4. The second-order valence-corrected chi connectivity index (χ2v) is 6.62. The zero-order valence-corrected chi connectivity index (χ0v) is 12.7. The minimum absolute atomic E-state index is 0.142. The van der Waals surface area contributed by atoms with Crippen LogP contribution in [0.2, 0.25) is 0 Å². The molecule has 0 fully saturated rings. The number of rotatable bonds is 4. The topological polar surface area (TPSA) is 72.2 Å². The van der Waals surface area contributed by atoms with Gasteiger partial charge in [0.15, 0.2) is 0 Å². The highest BCUT2D eigenvalue weighted by atomic mass is 79.9. The predicted molar refractivity (Wildman–Crippen MR) is 79.2 cm³/mol. The highest BCUT2D eigenvalue weighted by Crippen LogP contribution is 2.22. The van der Waals surface area contributed by atoms with E-state index in [1.165, 1.54) is 12.1 Å². The number of sulfonamides is 1. The van der Waals surface area contributed by atoms with Crippen LogP contribution in [0.5, 0.6) is 0 Å². The van der Waals surface area contributed by atoms with Crippen molar-refractivity contribution in [2.75, 3.05) is 4.72 Å². The van der Waals surface area contributed by atoms with Crippen LogP contribution in [-0.4, -0.2) is 8.42 Å². The van der Waals surface area contributed by atoms with Crippen molar-refractivity contribution in [3.63, 3.8) is 0 Å². The normalized spacial score (nSPS) is 11.3. The Morgan fingerprint density at radius 2 is 1.95 bits per heavy atom. The Balaban J connectivity index is 2.32. The molecule has 0 bridgehead atoms. The Labute approximate surface area is 125 Å². The van der Waals surface area contributed by atoms with E-state index < -0.39 is 15.8 Å². The maximum Gasteiger partial charge on any atom is 0.261 e. The third-order valence-electron chi connectivity index (χ3n) is 2.62. The number of halogens is 2. The Morgan fingerprint density at radius 3 is 2.60 bits per heavy atom. The summed E-state index contributed by atoms with van der Waals surface area (Å²) < 4.78 is 40.3. The van der Waals surface area contributed by atoms with Gasteiger partial charge in [-0.3, -0.25) is 4.72 Å². The summed E-state index contributed by atoms with van der Waals surface area (Å²) in [6.45, 7) is 0.308. The van der Waals surface area contributed by atoms with E-state index in [0.29, 0.717) is 12.2 Å². The van der Waals surface area contributed by atoms with Gasteiger partial charge in [0.1, 0.15) is 5.82 Å². The summed E-state index contributed by atoms with van der Waals surface area (Å²) in [7, 11) is -3.83. The van der Waals surface area contributed by atoms with E-state index in [1.807, 2.05) is 0 Å². The summed E-state index contributed by atoms with van der Waals surface area (Å²) in [5, 5.41) is 0. The Kier molecular flexibility index (Phi) is 4.42. The number of nitrogens with two attached hydrogens (primary N) is 1. The summed E-state index contributed by atoms with van der Waals surface area (Å²) in [6.07, 6.45) is 0. The molecule has 0 heterocycles. The van der Waals surface area contributed by atoms with Crippen molar-refractivity contribution in [1.82, 2.24) is 0 Å². The molecular formula is C13H12BrFN2O2S. The van der Waals surface area contributed by atoms with Gasteiger partial charge < -0.3 is 5.73 Å². The zero-order valence-electron chi connectivity index (χ0n) is 10.3. The molecule has 0 radical (unpaired) electrons. The largest absolute Gasteiger partial charge is 0.326 e. The average Bonchev–Trinajstić information content (AvgIpc) is 2.41. The fourth-order valence-corrected chi connectivity index (χ4v) is 2.93. The van der Waals surface area contributed by atoms with Gasteiger partial charge >= 0.3 is 0 Å². The van der Waals surface area contributed by atoms with Crippen LogP contribution in [0.4, 0.5) is 10.1 Å². The molecule has 0 unspecified atom stereocenters. The molecule has 7 heteroatoms. The van der Waals surface area contributed by atoms with Gasteiger partial charge in [0, 0.05) is 12.2 Å². The van der Waals surface area contributed by atoms with Gasteiger partial charge in [-0.2, -0.15) is 0 Å². The van der Waals surface area contributed by atoms with Crippen molar-refractivity contribution >= 4 is 31.6 Å². The smallest absolute Gasteiger partial charge is 0.261 e. The summed E-state index contributed by atoms with van der Waals surface area (Å²) in [4.78, 5) is -0.142. The number of benzene rings is 2. The molecule has 0 saturated carbocycles. The standard InChI is InChI=1S/C13H12BrFN2O2S/c14-12-5-4-11(7-13(12)15)20(18,19)17-10-3-1-2-9(6-10)8-16/h1-7,17H,8,16H2. The average molecular weight is 359 g/mol. The third kappa shape index (κ3) is 3.36. The van der Waals surface area contributed by atoms with Crippen LogP contribution < -0.4 is 10.5 Å². The molecule has 0 atom stereocenters. The second kappa shape index (κ2) is 5.90. The van der Waals surface area contributed by atoms with Crippen LogP contribution in [-0.2, 0) is 16.6 Å². The van der Waals surface area contributed by atoms with Crippen LogP contribution >= 0.6 is 15.9 Å². The highest BCUT2D eigenvalue weighted by Gasteiger charge is 2.16. The van der Waals surface area contributed by atoms with E-state index in [4.69, 9.17) is 5.73 Å². The van der Waals surface area contributed by atoms with E-state index in [2.05, 4.69) is 20.7 Å². The van der Waals surface area contributed by atoms with Crippen LogP contribution in [0.25, 0.3) is 0 Å². The van der Waals surface area contributed by atoms with Crippen molar-refractivity contribution in [2.45, 2.75) is 11.4 Å². The molecule has 2 aromatic carbocycles. The van der Waals surface area contributed by atoms with E-state index in [1.54, 1.807) is 24.3 Å². The SMILES string of the molecule is NCc1cccc(NS(=O)(=O)c2ccc(Br)c(F)c2)c1. The first-order valence-electron chi connectivity index (χ1n) is 5.69. The van der Waals surface area contributed by atoms with E-state index >= 15 is 0 Å². The fraction of sp³-hybridized carbons (Fsp3) is 0.0769. The molecule has 2 aromatic rings. The summed E-state index contributed by atoms with van der Waals surface area (Å²) in [5.41, 5.74) is 6.68. The zero-order chi connectivity index (χ0) is 14.8. The number of nitrogens with one attached hydrogen (secondary N) is 1. The molecule has 3 N–H and O–H groups in total. The highest BCUT2D eigenvalue weighted by molar-refractivity contribution is 9.10. The Morgan fingerprint density at radius 1 is 1.20 bits per heavy atom.